The summed E-state index contributed by atoms with van der Waals surface area (Å²) >= 11 is 0. The molecule has 5 nitrogen and oxygen atoms in total. The standard InChI is InChI=1S/C13H19N3O2.ClH/c1-9-4-5-11(15-10(2)17)12(8-9)16-13(18)6-7-14-3;/h4-5,8,14H,6-7H2,1-3H3,(H,15,17)(H,16,18);1H. The van der Waals surface area contributed by atoms with Crippen molar-refractivity contribution in [3.05, 3.63) is 23.8 Å². The van der Waals surface area contributed by atoms with Crippen molar-refractivity contribution in [2.75, 3.05) is 24.2 Å². The lowest BCUT2D eigenvalue weighted by molar-refractivity contribution is -0.116. The fraction of sp³-hybridized carbons (Fsp3) is 0.385. The molecule has 0 fully saturated rings. The Morgan fingerprint density at radius 2 is 1.84 bits per heavy atom. The Balaban J connectivity index is 0.00000324. The maximum Gasteiger partial charge on any atom is 0.225 e. The number of halogens is 1. The highest BCUT2D eigenvalue weighted by Crippen LogP contribution is 2.23. The van der Waals surface area contributed by atoms with E-state index >= 15 is 0 Å². The number of carbonyl (C=O) groups excluding carboxylic acids is 2. The fourth-order valence-corrected chi connectivity index (χ4v) is 1.51. The number of anilines is 2. The quantitative estimate of drug-likeness (QED) is 0.774. The molecule has 19 heavy (non-hydrogen) atoms. The zero-order valence-corrected chi connectivity index (χ0v) is 12.2. The van der Waals surface area contributed by atoms with Gasteiger partial charge in [-0.15, -0.1) is 12.4 Å². The number of benzene rings is 1. The number of amides is 2. The molecule has 0 aliphatic carbocycles. The molecule has 106 valence electrons. The Bertz CT molecular complexity index is 450. The Morgan fingerprint density at radius 3 is 2.42 bits per heavy atom. The first-order valence-electron chi connectivity index (χ1n) is 5.85. The summed E-state index contributed by atoms with van der Waals surface area (Å²) in [6.07, 6.45) is 0.393. The highest BCUT2D eigenvalue weighted by molar-refractivity contribution is 5.99. The Labute approximate surface area is 119 Å². The second-order valence-corrected chi connectivity index (χ2v) is 4.13. The molecule has 0 atom stereocenters. The van der Waals surface area contributed by atoms with Gasteiger partial charge in [0.05, 0.1) is 11.4 Å². The predicted molar refractivity (Wildman–Crippen MR) is 79.9 cm³/mol. The molecule has 1 aromatic rings. The summed E-state index contributed by atoms with van der Waals surface area (Å²) in [6.45, 7) is 3.99. The van der Waals surface area contributed by atoms with E-state index in [4.69, 9.17) is 0 Å². The van der Waals surface area contributed by atoms with Gasteiger partial charge in [-0.1, -0.05) is 6.07 Å². The average Bonchev–Trinajstić information content (AvgIpc) is 2.29. The molecule has 2 amide bonds. The van der Waals surface area contributed by atoms with E-state index in [2.05, 4.69) is 16.0 Å². The smallest absolute Gasteiger partial charge is 0.225 e. The number of aryl methyl sites for hydroxylation is 1. The molecule has 3 N–H and O–H groups in total. The van der Waals surface area contributed by atoms with Crippen LogP contribution >= 0.6 is 12.4 Å². The minimum absolute atomic E-state index is 0. The lowest BCUT2D eigenvalue weighted by Gasteiger charge is -2.12. The summed E-state index contributed by atoms with van der Waals surface area (Å²) in [4.78, 5) is 22.7. The monoisotopic (exact) mass is 285 g/mol. The van der Waals surface area contributed by atoms with Crippen LogP contribution in [-0.2, 0) is 9.59 Å². The molecule has 6 heteroatoms. The van der Waals surface area contributed by atoms with E-state index in [0.29, 0.717) is 24.3 Å². The van der Waals surface area contributed by atoms with E-state index in [1.54, 1.807) is 13.1 Å². The average molecular weight is 286 g/mol. The van der Waals surface area contributed by atoms with Gasteiger partial charge >= 0.3 is 0 Å². The minimum atomic E-state index is -0.162. The second-order valence-electron chi connectivity index (χ2n) is 4.13. The SMILES string of the molecule is CNCCC(=O)Nc1cc(C)ccc1NC(C)=O.Cl. The molecule has 1 aromatic carbocycles. The largest absolute Gasteiger partial charge is 0.325 e. The molecule has 0 aliphatic rings. The Hall–Kier alpha value is -1.59. The predicted octanol–water partition coefficient (Wildman–Crippen LogP) is 1.92. The number of rotatable bonds is 5. The van der Waals surface area contributed by atoms with Gasteiger partial charge in [0.25, 0.3) is 0 Å². The van der Waals surface area contributed by atoms with Gasteiger partial charge in [-0.3, -0.25) is 9.59 Å². The molecule has 0 saturated heterocycles. The topological polar surface area (TPSA) is 70.2 Å². The maximum atomic E-state index is 11.7. The van der Waals surface area contributed by atoms with Gasteiger partial charge in [0, 0.05) is 19.9 Å². The number of nitrogens with one attached hydrogen (secondary N) is 3. The van der Waals surface area contributed by atoms with E-state index < -0.39 is 0 Å². The summed E-state index contributed by atoms with van der Waals surface area (Å²) in [5.74, 6) is -0.244. The van der Waals surface area contributed by atoms with Crippen LogP contribution in [0, 0.1) is 6.92 Å². The molecule has 0 radical (unpaired) electrons. The molecule has 0 heterocycles. The third-order valence-electron chi connectivity index (χ3n) is 2.36. The highest BCUT2D eigenvalue weighted by Gasteiger charge is 2.08. The van der Waals surface area contributed by atoms with Crippen LogP contribution in [0.2, 0.25) is 0 Å². The molecule has 0 saturated carbocycles. The highest BCUT2D eigenvalue weighted by atomic mass is 35.5. The lowest BCUT2D eigenvalue weighted by Crippen LogP contribution is -2.20. The first kappa shape index (κ1) is 17.4. The molecular weight excluding hydrogens is 266 g/mol. The van der Waals surface area contributed by atoms with Crippen LogP contribution in [0.5, 0.6) is 0 Å². The van der Waals surface area contributed by atoms with E-state index in [1.807, 2.05) is 19.1 Å². The number of hydrogen-bond acceptors (Lipinski definition) is 3. The van der Waals surface area contributed by atoms with Crippen molar-refractivity contribution in [1.29, 1.82) is 0 Å². The van der Waals surface area contributed by atoms with Gasteiger partial charge in [-0.05, 0) is 31.7 Å². The number of carbonyl (C=O) groups is 2. The summed E-state index contributed by atoms with van der Waals surface area (Å²) in [6, 6.07) is 5.50. The molecule has 0 bridgehead atoms. The van der Waals surface area contributed by atoms with Gasteiger partial charge < -0.3 is 16.0 Å². The molecule has 0 spiro atoms. The second kappa shape index (κ2) is 8.50. The van der Waals surface area contributed by atoms with Gasteiger partial charge in [0.2, 0.25) is 11.8 Å². The first-order chi connectivity index (χ1) is 8.52. The Kier molecular flexibility index (Phi) is 7.79. The zero-order valence-electron chi connectivity index (χ0n) is 11.4. The van der Waals surface area contributed by atoms with Crippen molar-refractivity contribution < 1.29 is 9.59 Å². The maximum absolute atomic E-state index is 11.7. The molecule has 0 unspecified atom stereocenters. The molecule has 1 rings (SSSR count). The van der Waals surface area contributed by atoms with Gasteiger partial charge in [0.1, 0.15) is 0 Å². The van der Waals surface area contributed by atoms with E-state index in [0.717, 1.165) is 5.56 Å². The Morgan fingerprint density at radius 1 is 1.16 bits per heavy atom. The van der Waals surface area contributed by atoms with Crippen LogP contribution in [0.25, 0.3) is 0 Å². The van der Waals surface area contributed by atoms with Crippen LogP contribution < -0.4 is 16.0 Å². The lowest BCUT2D eigenvalue weighted by atomic mass is 10.2. The molecule has 0 aliphatic heterocycles. The van der Waals surface area contributed by atoms with Crippen LogP contribution in [0.4, 0.5) is 11.4 Å². The summed E-state index contributed by atoms with van der Waals surface area (Å²) in [7, 11) is 1.79. The van der Waals surface area contributed by atoms with Crippen LogP contribution in [0.1, 0.15) is 18.9 Å². The third-order valence-corrected chi connectivity index (χ3v) is 2.36. The summed E-state index contributed by atoms with van der Waals surface area (Å²) < 4.78 is 0. The third kappa shape index (κ3) is 6.22. The molecule has 0 aromatic heterocycles. The van der Waals surface area contributed by atoms with E-state index in [-0.39, 0.29) is 24.2 Å². The van der Waals surface area contributed by atoms with Crippen molar-refractivity contribution in [2.45, 2.75) is 20.3 Å². The van der Waals surface area contributed by atoms with Gasteiger partial charge in [-0.25, -0.2) is 0 Å². The first-order valence-corrected chi connectivity index (χ1v) is 5.85. The summed E-state index contributed by atoms with van der Waals surface area (Å²) in [5.41, 5.74) is 2.27. The normalized spacial score (nSPS) is 9.42. The van der Waals surface area contributed by atoms with Crippen LogP contribution in [0.15, 0.2) is 18.2 Å². The number of hydrogen-bond donors (Lipinski definition) is 3. The van der Waals surface area contributed by atoms with Crippen LogP contribution in [0.3, 0.4) is 0 Å². The van der Waals surface area contributed by atoms with Crippen molar-refractivity contribution in [2.24, 2.45) is 0 Å². The molecular formula is C13H20ClN3O2. The van der Waals surface area contributed by atoms with Crippen molar-refractivity contribution >= 4 is 35.6 Å². The van der Waals surface area contributed by atoms with E-state index in [9.17, 15) is 9.59 Å². The van der Waals surface area contributed by atoms with Gasteiger partial charge in [-0.2, -0.15) is 0 Å². The van der Waals surface area contributed by atoms with Crippen LogP contribution in [-0.4, -0.2) is 25.4 Å². The van der Waals surface area contributed by atoms with Crippen molar-refractivity contribution in [3.8, 4) is 0 Å². The minimum Gasteiger partial charge on any atom is -0.325 e. The van der Waals surface area contributed by atoms with Crippen molar-refractivity contribution in [3.63, 3.8) is 0 Å². The summed E-state index contributed by atoms with van der Waals surface area (Å²) in [5, 5.41) is 8.40. The van der Waals surface area contributed by atoms with Gasteiger partial charge in [0.15, 0.2) is 0 Å². The zero-order chi connectivity index (χ0) is 13.5. The fourth-order valence-electron chi connectivity index (χ4n) is 1.51. The van der Waals surface area contributed by atoms with E-state index in [1.165, 1.54) is 6.92 Å². The van der Waals surface area contributed by atoms with Crippen molar-refractivity contribution in [1.82, 2.24) is 5.32 Å².